The van der Waals surface area contributed by atoms with Crippen LogP contribution in [0.15, 0.2) is 77.6 Å². The monoisotopic (exact) mass is 473 g/mol. The molecule has 0 spiro atoms. The van der Waals surface area contributed by atoms with Crippen molar-refractivity contribution >= 4 is 22.1 Å². The average molecular weight is 474 g/mol. The molecule has 178 valence electrons. The lowest BCUT2D eigenvalue weighted by Gasteiger charge is -2.33. The molecule has 5 rings (SSSR count). The second kappa shape index (κ2) is 9.65. The fourth-order valence-corrected chi connectivity index (χ4v) is 4.67. The van der Waals surface area contributed by atoms with Gasteiger partial charge in [0, 0.05) is 35.8 Å². The van der Waals surface area contributed by atoms with Gasteiger partial charge in [0.2, 0.25) is 0 Å². The van der Waals surface area contributed by atoms with E-state index in [-0.39, 0.29) is 27.8 Å². The van der Waals surface area contributed by atoms with E-state index in [1.165, 1.54) is 10.7 Å². The molecule has 9 heteroatoms. The molecular formula is C26H25N4O5+. The van der Waals surface area contributed by atoms with E-state index in [0.717, 1.165) is 37.2 Å². The standard InChI is InChI=1S/C26H24N4O5/c31-26-22-9-5-4-8-21(22)25(19-6-2-1-3-7-19)27-29(26)24-16-20(10-11-23(24)30(32)33)28-14-12-18(13-15-28)17-35-34/h1-11,16,18H,12-15,17H2,(H-,32,33,34)/p+1. The van der Waals surface area contributed by atoms with E-state index in [4.69, 9.17) is 5.26 Å². The van der Waals surface area contributed by atoms with Crippen molar-refractivity contribution in [1.29, 1.82) is 0 Å². The van der Waals surface area contributed by atoms with Gasteiger partial charge in [-0.2, -0.15) is 9.78 Å². The van der Waals surface area contributed by atoms with Crippen molar-refractivity contribution in [3.05, 3.63) is 88.1 Å². The van der Waals surface area contributed by atoms with Gasteiger partial charge in [0.1, 0.15) is 0 Å². The zero-order valence-electron chi connectivity index (χ0n) is 18.9. The molecule has 2 heterocycles. The van der Waals surface area contributed by atoms with Gasteiger partial charge in [-0.05, 0) is 37.0 Å². The van der Waals surface area contributed by atoms with E-state index in [9.17, 15) is 14.9 Å². The van der Waals surface area contributed by atoms with Crippen LogP contribution in [-0.4, -0.2) is 44.9 Å². The summed E-state index contributed by atoms with van der Waals surface area (Å²) in [5, 5.41) is 24.4. The fourth-order valence-electron chi connectivity index (χ4n) is 4.67. The third kappa shape index (κ3) is 4.39. The predicted molar refractivity (Wildman–Crippen MR) is 131 cm³/mol. The Balaban J connectivity index is 1.66. The van der Waals surface area contributed by atoms with Gasteiger partial charge in [0.15, 0.2) is 5.69 Å². The first-order valence-electron chi connectivity index (χ1n) is 11.5. The molecule has 0 saturated carbocycles. The molecular weight excluding hydrogens is 448 g/mol. The van der Waals surface area contributed by atoms with Gasteiger partial charge < -0.3 is 4.90 Å². The van der Waals surface area contributed by atoms with Gasteiger partial charge >= 0.3 is 5.69 Å². The number of nitrogens with zero attached hydrogens (tertiary/aromatic N) is 4. The molecule has 1 aromatic heterocycles. The minimum atomic E-state index is -0.390. The molecule has 2 N–H and O–H groups in total. The number of benzene rings is 3. The zero-order valence-corrected chi connectivity index (χ0v) is 18.9. The van der Waals surface area contributed by atoms with Crippen LogP contribution >= 0.6 is 0 Å². The molecule has 1 fully saturated rings. The number of hydrogen-bond donors (Lipinski definition) is 2. The summed E-state index contributed by atoms with van der Waals surface area (Å²) in [6.45, 7) is 1.75. The van der Waals surface area contributed by atoms with Gasteiger partial charge in [-0.1, -0.05) is 48.5 Å². The number of anilines is 1. The van der Waals surface area contributed by atoms with Gasteiger partial charge in [-0.3, -0.25) is 10.1 Å². The minimum absolute atomic E-state index is 0.0822. The molecule has 1 saturated heterocycles. The van der Waals surface area contributed by atoms with E-state index < -0.39 is 0 Å². The van der Waals surface area contributed by atoms with Crippen molar-refractivity contribution in [3.63, 3.8) is 0 Å². The van der Waals surface area contributed by atoms with E-state index >= 15 is 0 Å². The molecule has 0 atom stereocenters. The van der Waals surface area contributed by atoms with E-state index in [1.54, 1.807) is 24.3 Å². The zero-order chi connectivity index (χ0) is 24.4. The second-order valence-electron chi connectivity index (χ2n) is 8.65. The molecule has 0 bridgehead atoms. The average Bonchev–Trinajstić information content (AvgIpc) is 2.90. The maximum Gasteiger partial charge on any atom is 0.342 e. The van der Waals surface area contributed by atoms with Crippen LogP contribution in [0.25, 0.3) is 27.7 Å². The summed E-state index contributed by atoms with van der Waals surface area (Å²) in [6, 6.07) is 21.7. The summed E-state index contributed by atoms with van der Waals surface area (Å²) in [5.41, 5.74) is 1.94. The Bertz CT molecular complexity index is 1430. The number of fused-ring (bicyclic) bond motifs is 1. The van der Waals surface area contributed by atoms with Crippen LogP contribution in [0.2, 0.25) is 0 Å². The molecule has 1 aliphatic heterocycles. The lowest BCUT2D eigenvalue weighted by atomic mass is 9.97. The van der Waals surface area contributed by atoms with Crippen LogP contribution in [0.4, 0.5) is 11.4 Å². The van der Waals surface area contributed by atoms with Crippen molar-refractivity contribution in [2.24, 2.45) is 5.92 Å². The smallest absolute Gasteiger partial charge is 0.342 e. The second-order valence-corrected chi connectivity index (χ2v) is 8.65. The number of hydrogen-bond acceptors (Lipinski definition) is 6. The van der Waals surface area contributed by atoms with Gasteiger partial charge in [-0.15, -0.1) is 0 Å². The Labute approximate surface area is 200 Å². The van der Waals surface area contributed by atoms with Crippen LogP contribution in [0.5, 0.6) is 0 Å². The van der Waals surface area contributed by atoms with E-state index in [0.29, 0.717) is 23.1 Å². The van der Waals surface area contributed by atoms with Gasteiger partial charge in [-0.25, -0.2) is 10.1 Å². The quantitative estimate of drug-likeness (QED) is 0.312. The Morgan fingerprint density at radius 2 is 1.66 bits per heavy atom. The Kier molecular flexibility index (Phi) is 6.26. The summed E-state index contributed by atoms with van der Waals surface area (Å²) in [6.07, 6.45) is 1.66. The maximum absolute atomic E-state index is 13.5. The highest BCUT2D eigenvalue weighted by Crippen LogP contribution is 2.31. The first kappa shape index (κ1) is 22.7. The highest BCUT2D eigenvalue weighted by Gasteiger charge is 2.27. The SMILES string of the molecule is O=c1c2ccccc2c(-c2ccccc2)nn1-c1cc(N2CCC(COO)CC2)ccc1[N+](=O)O. The van der Waals surface area contributed by atoms with Crippen LogP contribution in [0, 0.1) is 10.8 Å². The highest BCUT2D eigenvalue weighted by atomic mass is 17.1. The highest BCUT2D eigenvalue weighted by molar-refractivity contribution is 5.94. The number of piperidine rings is 1. The third-order valence-electron chi connectivity index (χ3n) is 6.54. The minimum Gasteiger partial charge on any atom is -0.371 e. The van der Waals surface area contributed by atoms with E-state index in [1.807, 2.05) is 42.5 Å². The summed E-state index contributed by atoms with van der Waals surface area (Å²) < 4.78 is 1.19. The van der Waals surface area contributed by atoms with E-state index in [2.05, 4.69) is 14.9 Å². The van der Waals surface area contributed by atoms with Crippen molar-refractivity contribution in [2.45, 2.75) is 12.8 Å². The molecule has 9 nitrogen and oxygen atoms in total. The first-order chi connectivity index (χ1) is 17.1. The molecule has 0 radical (unpaired) electrons. The van der Waals surface area contributed by atoms with Crippen molar-refractivity contribution < 1.29 is 20.3 Å². The van der Waals surface area contributed by atoms with Crippen LogP contribution < -0.4 is 10.5 Å². The lowest BCUT2D eigenvalue weighted by molar-refractivity contribution is -0.729. The largest absolute Gasteiger partial charge is 0.371 e. The molecule has 3 aromatic carbocycles. The molecule has 0 aliphatic carbocycles. The number of aromatic nitrogens is 2. The van der Waals surface area contributed by atoms with Crippen LogP contribution in [0.1, 0.15) is 12.8 Å². The predicted octanol–water partition coefficient (Wildman–Crippen LogP) is 4.56. The molecule has 0 unspecified atom stereocenters. The summed E-state index contributed by atoms with van der Waals surface area (Å²) >= 11 is 0. The fraction of sp³-hybridized carbons (Fsp3) is 0.231. The van der Waals surface area contributed by atoms with Gasteiger partial charge in [0.25, 0.3) is 10.5 Å². The van der Waals surface area contributed by atoms with Crippen molar-refractivity contribution in [3.8, 4) is 16.9 Å². The summed E-state index contributed by atoms with van der Waals surface area (Å²) in [5.74, 6) is 0.266. The Hall–Kier alpha value is -4.08. The van der Waals surface area contributed by atoms with Crippen molar-refractivity contribution in [2.75, 3.05) is 24.6 Å². The molecule has 35 heavy (non-hydrogen) atoms. The van der Waals surface area contributed by atoms with Crippen molar-refractivity contribution in [1.82, 2.24) is 9.78 Å². The van der Waals surface area contributed by atoms with Gasteiger partial charge in [0.05, 0.1) is 22.6 Å². The van der Waals surface area contributed by atoms with Crippen LogP contribution in [-0.2, 0) is 4.89 Å². The molecule has 1 aliphatic rings. The third-order valence-corrected chi connectivity index (χ3v) is 6.54. The summed E-state index contributed by atoms with van der Waals surface area (Å²) in [7, 11) is 0. The Morgan fingerprint density at radius 1 is 0.971 bits per heavy atom. The topological polar surface area (TPSA) is 108 Å². The number of rotatable bonds is 6. The maximum atomic E-state index is 13.5. The molecule has 4 aromatic rings. The Morgan fingerprint density at radius 3 is 2.34 bits per heavy atom. The van der Waals surface area contributed by atoms with Crippen LogP contribution in [0.3, 0.4) is 0 Å². The normalized spacial score (nSPS) is 14.4. The summed E-state index contributed by atoms with van der Waals surface area (Å²) in [4.78, 5) is 31.8. The molecule has 0 amide bonds. The first-order valence-corrected chi connectivity index (χ1v) is 11.5. The lowest BCUT2D eigenvalue weighted by Crippen LogP contribution is -2.35.